The molecular weight excluding hydrogens is 268 g/mol. The normalized spacial score (nSPS) is 22.4. The molecule has 1 rings (SSSR count). The minimum absolute atomic E-state index is 0.0777. The van der Waals surface area contributed by atoms with E-state index >= 15 is 0 Å². The van der Waals surface area contributed by atoms with Crippen molar-refractivity contribution in [3.8, 4) is 0 Å². The van der Waals surface area contributed by atoms with Gasteiger partial charge in [-0.05, 0) is 25.7 Å². The number of aliphatic hydroxyl groups excluding tert-OH is 1. The lowest BCUT2D eigenvalue weighted by Gasteiger charge is -2.23. The Morgan fingerprint density at radius 3 is 2.74 bits per heavy atom. The first-order chi connectivity index (χ1) is 8.92. The average molecular weight is 292 g/mol. The van der Waals surface area contributed by atoms with Gasteiger partial charge in [-0.3, -0.25) is 4.79 Å². The first-order valence-corrected chi connectivity index (χ1v) is 8.48. The van der Waals surface area contributed by atoms with E-state index < -0.39 is 22.2 Å². The van der Waals surface area contributed by atoms with Gasteiger partial charge in [0.15, 0.2) is 0 Å². The number of rotatable bonds is 7. The number of amides is 1. The molecule has 0 aromatic rings. The monoisotopic (exact) mass is 292 g/mol. The van der Waals surface area contributed by atoms with E-state index in [0.717, 1.165) is 0 Å². The minimum atomic E-state index is -3.34. The van der Waals surface area contributed by atoms with Gasteiger partial charge in [0.1, 0.15) is 6.04 Å². The summed E-state index contributed by atoms with van der Waals surface area (Å²) in [7, 11) is -3.34. The number of carbonyl (C=O) groups excluding carboxylic acids is 1. The molecule has 0 radical (unpaired) electrons. The number of sulfonamides is 1. The van der Waals surface area contributed by atoms with Crippen molar-refractivity contribution in [3.05, 3.63) is 0 Å². The fourth-order valence-electron chi connectivity index (χ4n) is 2.19. The molecule has 0 spiro atoms. The van der Waals surface area contributed by atoms with Crippen LogP contribution in [-0.2, 0) is 14.8 Å². The van der Waals surface area contributed by atoms with Crippen molar-refractivity contribution in [1.29, 1.82) is 0 Å². The molecule has 0 aromatic heterocycles. The quantitative estimate of drug-likeness (QED) is 0.695. The van der Waals surface area contributed by atoms with Crippen LogP contribution in [-0.4, -0.2) is 54.7 Å². The van der Waals surface area contributed by atoms with Gasteiger partial charge in [0.25, 0.3) is 0 Å². The second-order valence-corrected chi connectivity index (χ2v) is 6.93. The van der Waals surface area contributed by atoms with Crippen LogP contribution in [0.25, 0.3) is 0 Å². The summed E-state index contributed by atoms with van der Waals surface area (Å²) in [5, 5.41) is 12.0. The lowest BCUT2D eigenvalue weighted by molar-refractivity contribution is -0.124. The smallest absolute Gasteiger partial charge is 0.238 e. The summed E-state index contributed by atoms with van der Waals surface area (Å²) in [6.45, 7) is 4.22. The molecule has 0 bridgehead atoms. The van der Waals surface area contributed by atoms with Crippen LogP contribution in [0.1, 0.15) is 39.5 Å². The van der Waals surface area contributed by atoms with Crippen LogP contribution < -0.4 is 5.32 Å². The highest BCUT2D eigenvalue weighted by Gasteiger charge is 2.37. The van der Waals surface area contributed by atoms with Gasteiger partial charge in [0, 0.05) is 13.1 Å². The number of nitrogens with one attached hydrogen (secondary N) is 1. The summed E-state index contributed by atoms with van der Waals surface area (Å²) in [5.41, 5.74) is 0. The molecule has 1 aliphatic heterocycles. The van der Waals surface area contributed by atoms with Crippen LogP contribution >= 0.6 is 0 Å². The Hall–Kier alpha value is -0.660. The van der Waals surface area contributed by atoms with Crippen molar-refractivity contribution in [2.75, 3.05) is 18.8 Å². The first kappa shape index (κ1) is 16.4. The largest absolute Gasteiger partial charge is 0.391 e. The van der Waals surface area contributed by atoms with Crippen molar-refractivity contribution in [2.24, 2.45) is 0 Å². The molecule has 0 aromatic carbocycles. The molecule has 112 valence electrons. The van der Waals surface area contributed by atoms with Crippen molar-refractivity contribution in [1.82, 2.24) is 9.62 Å². The molecule has 0 aliphatic carbocycles. The molecular formula is C12H24N2O4S. The van der Waals surface area contributed by atoms with E-state index in [9.17, 15) is 18.3 Å². The highest BCUT2D eigenvalue weighted by Crippen LogP contribution is 2.21. The second kappa shape index (κ2) is 7.21. The molecule has 2 atom stereocenters. The predicted octanol–water partition coefficient (Wildman–Crippen LogP) is 0.0777. The maximum Gasteiger partial charge on any atom is 0.238 e. The van der Waals surface area contributed by atoms with Gasteiger partial charge in [-0.1, -0.05) is 13.8 Å². The fourth-order valence-corrected chi connectivity index (χ4v) is 3.94. The van der Waals surface area contributed by atoms with E-state index in [2.05, 4.69) is 5.32 Å². The van der Waals surface area contributed by atoms with Gasteiger partial charge < -0.3 is 10.4 Å². The van der Waals surface area contributed by atoms with Gasteiger partial charge in [0.05, 0.1) is 11.9 Å². The molecule has 1 amide bonds. The van der Waals surface area contributed by atoms with Gasteiger partial charge in [-0.25, -0.2) is 8.42 Å². The maximum atomic E-state index is 12.0. The Labute approximate surface area is 115 Å². The number of hydrogen-bond donors (Lipinski definition) is 2. The minimum Gasteiger partial charge on any atom is -0.391 e. The third-order valence-corrected chi connectivity index (χ3v) is 5.38. The SMILES string of the molecule is CCCS(=O)(=O)N1CCCC1C(=O)NCC(O)CC. The molecule has 6 nitrogen and oxygen atoms in total. The van der Waals surface area contributed by atoms with Crippen molar-refractivity contribution in [2.45, 2.75) is 51.7 Å². The molecule has 0 saturated carbocycles. The second-order valence-electron chi connectivity index (χ2n) is 4.89. The maximum absolute atomic E-state index is 12.0. The molecule has 19 heavy (non-hydrogen) atoms. The average Bonchev–Trinajstić information content (AvgIpc) is 2.85. The molecule has 7 heteroatoms. The summed E-state index contributed by atoms with van der Waals surface area (Å²) in [6, 6.07) is -0.611. The highest BCUT2D eigenvalue weighted by atomic mass is 32.2. The number of carbonyl (C=O) groups is 1. The summed E-state index contributed by atoms with van der Waals surface area (Å²) in [5.74, 6) is -0.223. The summed E-state index contributed by atoms with van der Waals surface area (Å²) < 4.78 is 25.4. The lowest BCUT2D eigenvalue weighted by atomic mass is 10.2. The number of hydrogen-bond acceptors (Lipinski definition) is 4. The third-order valence-electron chi connectivity index (χ3n) is 3.31. The van der Waals surface area contributed by atoms with Crippen LogP contribution in [0.15, 0.2) is 0 Å². The topological polar surface area (TPSA) is 86.7 Å². The van der Waals surface area contributed by atoms with E-state index in [0.29, 0.717) is 32.2 Å². The molecule has 1 saturated heterocycles. The zero-order valence-electron chi connectivity index (χ0n) is 11.6. The van der Waals surface area contributed by atoms with Crippen molar-refractivity contribution in [3.63, 3.8) is 0 Å². The summed E-state index contributed by atoms with van der Waals surface area (Å²) >= 11 is 0. The van der Waals surface area contributed by atoms with E-state index in [1.54, 1.807) is 6.92 Å². The molecule has 2 N–H and O–H groups in total. The summed E-state index contributed by atoms with van der Waals surface area (Å²) in [6.07, 6.45) is 1.78. The van der Waals surface area contributed by atoms with Gasteiger partial charge in [0.2, 0.25) is 15.9 Å². The van der Waals surface area contributed by atoms with Crippen molar-refractivity contribution < 1.29 is 18.3 Å². The molecule has 1 fully saturated rings. The van der Waals surface area contributed by atoms with Crippen LogP contribution in [0, 0.1) is 0 Å². The van der Waals surface area contributed by atoms with Gasteiger partial charge in [-0.15, -0.1) is 0 Å². The highest BCUT2D eigenvalue weighted by molar-refractivity contribution is 7.89. The lowest BCUT2D eigenvalue weighted by Crippen LogP contribution is -2.47. The molecule has 1 heterocycles. The van der Waals surface area contributed by atoms with Crippen LogP contribution in [0.2, 0.25) is 0 Å². The van der Waals surface area contributed by atoms with Crippen molar-refractivity contribution >= 4 is 15.9 Å². The van der Waals surface area contributed by atoms with E-state index in [-0.39, 0.29) is 18.2 Å². The molecule has 1 aliphatic rings. The number of aliphatic hydroxyl groups is 1. The van der Waals surface area contributed by atoms with Gasteiger partial charge >= 0.3 is 0 Å². The zero-order valence-corrected chi connectivity index (χ0v) is 12.4. The van der Waals surface area contributed by atoms with Crippen LogP contribution in [0.4, 0.5) is 0 Å². The van der Waals surface area contributed by atoms with E-state index in [1.165, 1.54) is 4.31 Å². The predicted molar refractivity (Wildman–Crippen MR) is 73.1 cm³/mol. The third kappa shape index (κ3) is 4.43. The fraction of sp³-hybridized carbons (Fsp3) is 0.917. The standard InChI is InChI=1S/C12H24N2O4S/c1-3-8-19(17,18)14-7-5-6-11(14)12(16)13-9-10(15)4-2/h10-11,15H,3-9H2,1-2H3,(H,13,16). The zero-order chi connectivity index (χ0) is 14.5. The Morgan fingerprint density at radius 2 is 2.16 bits per heavy atom. The van der Waals surface area contributed by atoms with Crippen LogP contribution in [0.5, 0.6) is 0 Å². The first-order valence-electron chi connectivity index (χ1n) is 6.87. The van der Waals surface area contributed by atoms with Gasteiger partial charge in [-0.2, -0.15) is 4.31 Å². The molecule has 2 unspecified atom stereocenters. The Morgan fingerprint density at radius 1 is 1.47 bits per heavy atom. The number of nitrogens with zero attached hydrogens (tertiary/aromatic N) is 1. The summed E-state index contributed by atoms with van der Waals surface area (Å²) in [4.78, 5) is 12.0. The Balaban J connectivity index is 2.63. The Bertz CT molecular complexity index is 397. The Kier molecular flexibility index (Phi) is 6.22. The van der Waals surface area contributed by atoms with E-state index in [4.69, 9.17) is 0 Å². The van der Waals surface area contributed by atoms with Crippen LogP contribution in [0.3, 0.4) is 0 Å². The van der Waals surface area contributed by atoms with E-state index in [1.807, 2.05) is 6.92 Å².